The molecule has 1 heterocycles. The van der Waals surface area contributed by atoms with E-state index in [1.54, 1.807) is 12.0 Å². The normalized spacial score (nSPS) is 16.4. The third kappa shape index (κ3) is 4.27. The highest BCUT2D eigenvalue weighted by Gasteiger charge is 2.34. The zero-order chi connectivity index (χ0) is 20.3. The highest BCUT2D eigenvalue weighted by molar-refractivity contribution is 5.97. The number of benzene rings is 2. The van der Waals surface area contributed by atoms with Crippen LogP contribution >= 0.6 is 0 Å². The van der Waals surface area contributed by atoms with Gasteiger partial charge >= 0.3 is 0 Å². The molecule has 0 aliphatic carbocycles. The first kappa shape index (κ1) is 19.7. The number of hydrogen-bond donors (Lipinski definition) is 1. The molecule has 1 saturated heterocycles. The van der Waals surface area contributed by atoms with Gasteiger partial charge in [0.05, 0.1) is 18.7 Å². The Morgan fingerprint density at radius 1 is 1.14 bits per heavy atom. The van der Waals surface area contributed by atoms with Gasteiger partial charge < -0.3 is 15.0 Å². The quantitative estimate of drug-likeness (QED) is 0.769. The number of anilines is 1. The average molecular weight is 392 g/mol. The van der Waals surface area contributed by atoms with E-state index >= 15 is 0 Å². The minimum atomic E-state index is -1.65. The molecule has 0 spiro atoms. The summed E-state index contributed by atoms with van der Waals surface area (Å²) in [5.74, 6) is -5.19. The number of likely N-dealkylation sites (tertiary alicyclic amines) is 1. The summed E-state index contributed by atoms with van der Waals surface area (Å²) in [6.45, 7) is 0.626. The molecule has 1 fully saturated rings. The first-order chi connectivity index (χ1) is 13.4. The van der Waals surface area contributed by atoms with Crippen LogP contribution in [0.4, 0.5) is 18.9 Å². The fraction of sp³-hybridized carbons (Fsp3) is 0.300. The second-order valence-electron chi connectivity index (χ2n) is 6.55. The number of amides is 2. The van der Waals surface area contributed by atoms with Gasteiger partial charge in [-0.3, -0.25) is 9.59 Å². The van der Waals surface area contributed by atoms with Crippen LogP contribution in [-0.4, -0.2) is 36.9 Å². The predicted molar refractivity (Wildman–Crippen MR) is 96.3 cm³/mol. The number of hydrogen-bond acceptors (Lipinski definition) is 3. The topological polar surface area (TPSA) is 58.6 Å². The molecule has 0 aromatic heterocycles. The lowest BCUT2D eigenvalue weighted by Crippen LogP contribution is -2.30. The van der Waals surface area contributed by atoms with E-state index in [1.165, 1.54) is 0 Å². The number of carbonyl (C=O) groups is 2. The molecule has 5 nitrogen and oxygen atoms in total. The average Bonchev–Trinajstić information content (AvgIpc) is 3.08. The zero-order valence-electron chi connectivity index (χ0n) is 15.2. The van der Waals surface area contributed by atoms with Crippen LogP contribution in [0.3, 0.4) is 0 Å². The van der Waals surface area contributed by atoms with Crippen LogP contribution in [0.5, 0.6) is 5.75 Å². The van der Waals surface area contributed by atoms with Crippen molar-refractivity contribution < 1.29 is 27.5 Å². The standard InChI is InChI=1S/C20H19F3N2O3/c1-28-14-4-2-12(3-5-14)8-9-25-11-13(10-17(25)26)20(27)24-16-7-6-15(21)18(22)19(16)23/h2-7,13H,8-11H2,1H3,(H,24,27). The maximum Gasteiger partial charge on any atom is 0.229 e. The summed E-state index contributed by atoms with van der Waals surface area (Å²) in [7, 11) is 1.58. The Morgan fingerprint density at radius 2 is 1.86 bits per heavy atom. The monoisotopic (exact) mass is 392 g/mol. The molecule has 0 radical (unpaired) electrons. The second kappa shape index (κ2) is 8.33. The van der Waals surface area contributed by atoms with Gasteiger partial charge in [0.1, 0.15) is 5.75 Å². The van der Waals surface area contributed by atoms with Crippen molar-refractivity contribution in [2.45, 2.75) is 12.8 Å². The van der Waals surface area contributed by atoms with Crippen LogP contribution in [0.15, 0.2) is 36.4 Å². The van der Waals surface area contributed by atoms with E-state index in [2.05, 4.69) is 5.32 Å². The lowest BCUT2D eigenvalue weighted by atomic mass is 10.1. The summed E-state index contributed by atoms with van der Waals surface area (Å²) < 4.78 is 45.1. The first-order valence-electron chi connectivity index (χ1n) is 8.74. The molecule has 8 heteroatoms. The highest BCUT2D eigenvalue weighted by Crippen LogP contribution is 2.24. The summed E-state index contributed by atoms with van der Waals surface area (Å²) in [6, 6.07) is 9.13. The first-order valence-corrected chi connectivity index (χ1v) is 8.74. The summed E-state index contributed by atoms with van der Waals surface area (Å²) >= 11 is 0. The van der Waals surface area contributed by atoms with Gasteiger partial charge in [0.2, 0.25) is 11.8 Å². The zero-order valence-corrected chi connectivity index (χ0v) is 15.2. The smallest absolute Gasteiger partial charge is 0.229 e. The number of nitrogens with zero attached hydrogens (tertiary/aromatic N) is 1. The number of ether oxygens (including phenoxy) is 1. The van der Waals surface area contributed by atoms with Gasteiger partial charge in [-0.05, 0) is 36.2 Å². The van der Waals surface area contributed by atoms with Crippen molar-refractivity contribution >= 4 is 17.5 Å². The molecule has 1 N–H and O–H groups in total. The van der Waals surface area contributed by atoms with Gasteiger partial charge in [-0.15, -0.1) is 0 Å². The summed E-state index contributed by atoms with van der Waals surface area (Å²) in [5.41, 5.74) is 0.568. The van der Waals surface area contributed by atoms with Crippen LogP contribution in [0.1, 0.15) is 12.0 Å². The van der Waals surface area contributed by atoms with Gasteiger partial charge in [0.25, 0.3) is 0 Å². The molecule has 2 amide bonds. The third-order valence-corrected chi connectivity index (χ3v) is 4.71. The Morgan fingerprint density at radius 3 is 2.54 bits per heavy atom. The van der Waals surface area contributed by atoms with E-state index < -0.39 is 35.0 Å². The molecule has 2 aromatic rings. The predicted octanol–water partition coefficient (Wildman–Crippen LogP) is 3.14. The van der Waals surface area contributed by atoms with Crippen molar-refractivity contribution in [1.29, 1.82) is 0 Å². The van der Waals surface area contributed by atoms with Crippen molar-refractivity contribution in [1.82, 2.24) is 4.90 Å². The maximum atomic E-state index is 13.7. The molecule has 1 unspecified atom stereocenters. The Hall–Kier alpha value is -3.03. The van der Waals surface area contributed by atoms with Gasteiger partial charge in [-0.1, -0.05) is 12.1 Å². The van der Waals surface area contributed by atoms with Crippen molar-refractivity contribution in [2.24, 2.45) is 5.92 Å². The third-order valence-electron chi connectivity index (χ3n) is 4.71. The fourth-order valence-electron chi connectivity index (χ4n) is 3.08. The van der Waals surface area contributed by atoms with Crippen molar-refractivity contribution in [2.75, 3.05) is 25.5 Å². The van der Waals surface area contributed by atoms with E-state index in [4.69, 9.17) is 4.74 Å². The fourth-order valence-corrected chi connectivity index (χ4v) is 3.08. The van der Waals surface area contributed by atoms with E-state index in [9.17, 15) is 22.8 Å². The number of carbonyl (C=O) groups excluding carboxylic acids is 2. The van der Waals surface area contributed by atoms with Crippen molar-refractivity contribution in [3.8, 4) is 5.75 Å². The van der Waals surface area contributed by atoms with E-state index in [0.29, 0.717) is 13.0 Å². The molecular formula is C20H19F3N2O3. The minimum Gasteiger partial charge on any atom is -0.497 e. The molecule has 0 bridgehead atoms. The van der Waals surface area contributed by atoms with Gasteiger partial charge in [0.15, 0.2) is 17.5 Å². The summed E-state index contributed by atoms with van der Waals surface area (Å²) in [5, 5.41) is 2.23. The molecule has 1 aliphatic heterocycles. The number of rotatable bonds is 6. The largest absolute Gasteiger partial charge is 0.497 e. The number of nitrogens with one attached hydrogen (secondary N) is 1. The molecule has 3 rings (SSSR count). The Balaban J connectivity index is 1.57. The SMILES string of the molecule is COc1ccc(CCN2CC(C(=O)Nc3ccc(F)c(F)c3F)CC2=O)cc1. The molecule has 28 heavy (non-hydrogen) atoms. The molecule has 1 aliphatic rings. The summed E-state index contributed by atoms with van der Waals surface area (Å²) in [4.78, 5) is 26.0. The molecule has 2 aromatic carbocycles. The van der Waals surface area contributed by atoms with Gasteiger partial charge in [0, 0.05) is 19.5 Å². The van der Waals surface area contributed by atoms with Crippen LogP contribution in [0, 0.1) is 23.4 Å². The number of methoxy groups -OCH3 is 1. The van der Waals surface area contributed by atoms with E-state index in [1.807, 2.05) is 24.3 Å². The van der Waals surface area contributed by atoms with Gasteiger partial charge in [-0.25, -0.2) is 13.2 Å². The van der Waals surface area contributed by atoms with Crippen molar-refractivity contribution in [3.63, 3.8) is 0 Å². The van der Waals surface area contributed by atoms with Crippen LogP contribution < -0.4 is 10.1 Å². The van der Waals surface area contributed by atoms with Crippen molar-refractivity contribution in [3.05, 3.63) is 59.4 Å². The lowest BCUT2D eigenvalue weighted by Gasteiger charge is -2.17. The minimum absolute atomic E-state index is 0.0141. The van der Waals surface area contributed by atoms with Crippen LogP contribution in [-0.2, 0) is 16.0 Å². The maximum absolute atomic E-state index is 13.7. The summed E-state index contributed by atoms with van der Waals surface area (Å²) in [6.07, 6.45) is 0.599. The van der Waals surface area contributed by atoms with Crippen LogP contribution in [0.25, 0.3) is 0 Å². The second-order valence-corrected chi connectivity index (χ2v) is 6.55. The van der Waals surface area contributed by atoms with E-state index in [-0.39, 0.29) is 18.9 Å². The van der Waals surface area contributed by atoms with E-state index in [0.717, 1.165) is 23.4 Å². The van der Waals surface area contributed by atoms with Gasteiger partial charge in [-0.2, -0.15) is 0 Å². The highest BCUT2D eigenvalue weighted by atomic mass is 19.2. The molecular weight excluding hydrogens is 373 g/mol. The Labute approximate surface area is 160 Å². The Bertz CT molecular complexity index is 887. The lowest BCUT2D eigenvalue weighted by molar-refractivity contribution is -0.128. The molecule has 0 saturated carbocycles. The van der Waals surface area contributed by atoms with Crippen LogP contribution in [0.2, 0.25) is 0 Å². The Kier molecular flexibility index (Phi) is 5.87. The molecule has 1 atom stereocenters. The number of halogens is 3. The molecule has 148 valence electrons.